The van der Waals surface area contributed by atoms with Gasteiger partial charge in [0.05, 0.1) is 19.3 Å². The molecule has 0 aromatic heterocycles. The number of nitrogens with one attached hydrogen (secondary N) is 1. The van der Waals surface area contributed by atoms with Crippen LogP contribution in [0.25, 0.3) is 0 Å². The summed E-state index contributed by atoms with van der Waals surface area (Å²) < 4.78 is 10.6. The minimum absolute atomic E-state index is 0.0365. The first-order valence-corrected chi connectivity index (χ1v) is 8.38. The van der Waals surface area contributed by atoms with Gasteiger partial charge in [-0.2, -0.15) is 0 Å². The zero-order valence-electron chi connectivity index (χ0n) is 13.9. The second-order valence-electron chi connectivity index (χ2n) is 5.85. The van der Waals surface area contributed by atoms with Crippen LogP contribution < -0.4 is 10.1 Å². The van der Waals surface area contributed by atoms with Crippen molar-refractivity contribution in [3.05, 3.63) is 29.8 Å². The quantitative estimate of drug-likeness (QED) is 0.898. The molecule has 0 radical (unpaired) electrons. The topological polar surface area (TPSA) is 71.1 Å². The molecule has 0 saturated carbocycles. The SMILES string of the molecule is CCOC(=O)N1CCN(C(=O)NC2CCOc3ccccc32)CC1. The summed E-state index contributed by atoms with van der Waals surface area (Å²) in [5.74, 6) is 0.834. The van der Waals surface area contributed by atoms with E-state index in [1.807, 2.05) is 24.3 Å². The molecule has 1 atom stereocenters. The fourth-order valence-electron chi connectivity index (χ4n) is 3.04. The molecule has 0 bridgehead atoms. The van der Waals surface area contributed by atoms with E-state index in [1.165, 1.54) is 0 Å². The molecule has 2 heterocycles. The van der Waals surface area contributed by atoms with Crippen molar-refractivity contribution in [3.63, 3.8) is 0 Å². The lowest BCUT2D eigenvalue weighted by Crippen LogP contribution is -2.53. The molecule has 1 fully saturated rings. The Morgan fingerprint density at radius 3 is 2.67 bits per heavy atom. The minimum atomic E-state index is -0.309. The molecule has 1 N–H and O–H groups in total. The molecule has 2 aliphatic heterocycles. The second kappa shape index (κ2) is 7.42. The normalized spacial score (nSPS) is 20.0. The van der Waals surface area contributed by atoms with Crippen LogP contribution in [0.3, 0.4) is 0 Å². The minimum Gasteiger partial charge on any atom is -0.493 e. The Balaban J connectivity index is 1.55. The van der Waals surface area contributed by atoms with E-state index in [9.17, 15) is 9.59 Å². The van der Waals surface area contributed by atoms with Crippen LogP contribution in [0.2, 0.25) is 0 Å². The predicted molar refractivity (Wildman–Crippen MR) is 88.0 cm³/mol. The molecule has 3 rings (SSSR count). The van der Waals surface area contributed by atoms with Crippen molar-refractivity contribution >= 4 is 12.1 Å². The first-order chi connectivity index (χ1) is 11.7. The molecule has 1 aromatic carbocycles. The number of hydrogen-bond donors (Lipinski definition) is 1. The Labute approximate surface area is 141 Å². The van der Waals surface area contributed by atoms with Crippen molar-refractivity contribution < 1.29 is 19.1 Å². The number of benzene rings is 1. The lowest BCUT2D eigenvalue weighted by molar-refractivity contribution is 0.0844. The fraction of sp³-hybridized carbons (Fsp3) is 0.529. The highest BCUT2D eigenvalue weighted by molar-refractivity contribution is 5.75. The Hall–Kier alpha value is -2.44. The third-order valence-electron chi connectivity index (χ3n) is 4.35. The van der Waals surface area contributed by atoms with Gasteiger partial charge in [0, 0.05) is 38.2 Å². The van der Waals surface area contributed by atoms with Crippen molar-refractivity contribution in [2.24, 2.45) is 0 Å². The van der Waals surface area contributed by atoms with Gasteiger partial charge in [-0.1, -0.05) is 18.2 Å². The molecule has 1 aromatic rings. The molecule has 1 unspecified atom stereocenters. The summed E-state index contributed by atoms with van der Waals surface area (Å²) in [7, 11) is 0. The third-order valence-corrected chi connectivity index (χ3v) is 4.35. The van der Waals surface area contributed by atoms with Gasteiger partial charge in [0.25, 0.3) is 0 Å². The van der Waals surface area contributed by atoms with Gasteiger partial charge in [-0.15, -0.1) is 0 Å². The van der Waals surface area contributed by atoms with E-state index in [-0.39, 0.29) is 18.2 Å². The van der Waals surface area contributed by atoms with Crippen molar-refractivity contribution in [3.8, 4) is 5.75 Å². The molecule has 3 amide bonds. The molecule has 0 aliphatic carbocycles. The highest BCUT2D eigenvalue weighted by atomic mass is 16.6. The summed E-state index contributed by atoms with van der Waals surface area (Å²) in [4.78, 5) is 27.6. The van der Waals surface area contributed by atoms with Crippen LogP contribution in [0.1, 0.15) is 24.9 Å². The molecular weight excluding hydrogens is 310 g/mol. The summed E-state index contributed by atoms with van der Waals surface area (Å²) in [6.07, 6.45) is 0.446. The Morgan fingerprint density at radius 2 is 1.92 bits per heavy atom. The molecule has 2 aliphatic rings. The number of nitrogens with zero attached hydrogens (tertiary/aromatic N) is 2. The van der Waals surface area contributed by atoms with E-state index in [4.69, 9.17) is 9.47 Å². The Kier molecular flexibility index (Phi) is 5.08. The summed E-state index contributed by atoms with van der Waals surface area (Å²) in [6, 6.07) is 7.65. The number of fused-ring (bicyclic) bond motifs is 1. The number of piperazine rings is 1. The van der Waals surface area contributed by atoms with Crippen LogP contribution in [0, 0.1) is 0 Å². The highest BCUT2D eigenvalue weighted by Crippen LogP contribution is 2.31. The molecule has 7 heteroatoms. The maximum absolute atomic E-state index is 12.5. The van der Waals surface area contributed by atoms with Gasteiger partial charge < -0.3 is 24.6 Å². The van der Waals surface area contributed by atoms with E-state index in [2.05, 4.69) is 5.32 Å². The smallest absolute Gasteiger partial charge is 0.409 e. The van der Waals surface area contributed by atoms with Crippen LogP contribution in [0.15, 0.2) is 24.3 Å². The van der Waals surface area contributed by atoms with Crippen molar-refractivity contribution in [2.45, 2.75) is 19.4 Å². The van der Waals surface area contributed by atoms with Gasteiger partial charge in [0.15, 0.2) is 0 Å². The first kappa shape index (κ1) is 16.4. The zero-order chi connectivity index (χ0) is 16.9. The van der Waals surface area contributed by atoms with Crippen LogP contribution in [0.5, 0.6) is 5.75 Å². The largest absolute Gasteiger partial charge is 0.493 e. The van der Waals surface area contributed by atoms with Crippen LogP contribution in [0.4, 0.5) is 9.59 Å². The van der Waals surface area contributed by atoms with E-state index in [1.54, 1.807) is 16.7 Å². The van der Waals surface area contributed by atoms with Gasteiger partial charge in [0.1, 0.15) is 5.75 Å². The van der Waals surface area contributed by atoms with Gasteiger partial charge in [0.2, 0.25) is 0 Å². The van der Waals surface area contributed by atoms with Gasteiger partial charge >= 0.3 is 12.1 Å². The van der Waals surface area contributed by atoms with E-state index < -0.39 is 0 Å². The molecule has 130 valence electrons. The van der Waals surface area contributed by atoms with Crippen LogP contribution in [-0.2, 0) is 4.74 Å². The average molecular weight is 333 g/mol. The van der Waals surface area contributed by atoms with Gasteiger partial charge in [-0.3, -0.25) is 0 Å². The number of urea groups is 1. The Morgan fingerprint density at radius 1 is 1.21 bits per heavy atom. The summed E-state index contributed by atoms with van der Waals surface area (Å²) in [6.45, 7) is 4.76. The number of para-hydroxylation sites is 1. The molecular formula is C17H23N3O4. The molecule has 7 nitrogen and oxygen atoms in total. The second-order valence-corrected chi connectivity index (χ2v) is 5.85. The predicted octanol–water partition coefficient (Wildman–Crippen LogP) is 1.99. The number of amides is 3. The molecule has 0 spiro atoms. The van der Waals surface area contributed by atoms with Gasteiger partial charge in [-0.05, 0) is 13.0 Å². The van der Waals surface area contributed by atoms with E-state index >= 15 is 0 Å². The monoisotopic (exact) mass is 333 g/mol. The average Bonchev–Trinajstić information content (AvgIpc) is 2.62. The number of rotatable bonds is 2. The van der Waals surface area contributed by atoms with Crippen molar-refractivity contribution in [1.29, 1.82) is 0 Å². The summed E-state index contributed by atoms with van der Waals surface area (Å²) in [5.41, 5.74) is 1.02. The van der Waals surface area contributed by atoms with Crippen LogP contribution >= 0.6 is 0 Å². The standard InChI is InChI=1S/C17H23N3O4/c1-2-23-17(22)20-10-8-19(9-11-20)16(21)18-14-7-12-24-15-6-4-3-5-13(14)15/h3-6,14H,2,7-12H2,1H3,(H,18,21). The maximum Gasteiger partial charge on any atom is 0.409 e. The fourth-order valence-corrected chi connectivity index (χ4v) is 3.04. The lowest BCUT2D eigenvalue weighted by atomic mass is 10.0. The number of carbonyl (C=O) groups excluding carboxylic acids is 2. The number of ether oxygens (including phenoxy) is 2. The van der Waals surface area contributed by atoms with Crippen molar-refractivity contribution in [1.82, 2.24) is 15.1 Å². The number of carbonyl (C=O) groups is 2. The molecule has 24 heavy (non-hydrogen) atoms. The zero-order valence-corrected chi connectivity index (χ0v) is 13.9. The lowest BCUT2D eigenvalue weighted by Gasteiger charge is -2.35. The summed E-state index contributed by atoms with van der Waals surface area (Å²) >= 11 is 0. The van der Waals surface area contributed by atoms with E-state index in [0.717, 1.165) is 17.7 Å². The summed E-state index contributed by atoms with van der Waals surface area (Å²) in [5, 5.41) is 3.09. The maximum atomic E-state index is 12.5. The first-order valence-electron chi connectivity index (χ1n) is 8.38. The van der Waals surface area contributed by atoms with Gasteiger partial charge in [-0.25, -0.2) is 9.59 Å². The third kappa shape index (κ3) is 3.55. The number of hydrogen-bond acceptors (Lipinski definition) is 4. The molecule has 1 saturated heterocycles. The highest BCUT2D eigenvalue weighted by Gasteiger charge is 2.28. The van der Waals surface area contributed by atoms with Crippen LogP contribution in [-0.4, -0.2) is 61.3 Å². The van der Waals surface area contributed by atoms with Crippen molar-refractivity contribution in [2.75, 3.05) is 39.4 Å². The van der Waals surface area contributed by atoms with E-state index in [0.29, 0.717) is 39.4 Å². The Bertz CT molecular complexity index is 599.